The predicted molar refractivity (Wildman–Crippen MR) is 68.9 cm³/mol. The van der Waals surface area contributed by atoms with Crippen LogP contribution in [0.1, 0.15) is 50.8 Å². The monoisotopic (exact) mass is 231 g/mol. The third-order valence-corrected chi connectivity index (χ3v) is 4.01. The van der Waals surface area contributed by atoms with Crippen LogP contribution in [0.3, 0.4) is 0 Å². The first-order valence-corrected chi connectivity index (χ1v) is 6.32. The Morgan fingerprint density at radius 3 is 2.53 bits per heavy atom. The second-order valence-electron chi connectivity index (χ2n) is 5.86. The number of H-pyrrole nitrogens is 1. The number of hydrogen-bond donors (Lipinski definition) is 1. The highest BCUT2D eigenvalue weighted by molar-refractivity contribution is 5.82. The number of fused-ring (bicyclic) bond motifs is 1. The van der Waals surface area contributed by atoms with Crippen molar-refractivity contribution in [3.8, 4) is 0 Å². The summed E-state index contributed by atoms with van der Waals surface area (Å²) < 4.78 is 13.9. The number of nitrogens with one attached hydrogen (secondary N) is 1. The van der Waals surface area contributed by atoms with Gasteiger partial charge in [0.2, 0.25) is 0 Å². The van der Waals surface area contributed by atoms with Crippen molar-refractivity contribution in [1.29, 1.82) is 0 Å². The molecule has 1 fully saturated rings. The Balaban J connectivity index is 2.16. The summed E-state index contributed by atoms with van der Waals surface area (Å²) in [6, 6.07) is 5.81. The summed E-state index contributed by atoms with van der Waals surface area (Å²) in [5.74, 6) is 0.135. The zero-order valence-electron chi connectivity index (χ0n) is 10.6. The molecule has 0 radical (unpaired) electrons. The number of rotatable bonds is 2. The van der Waals surface area contributed by atoms with E-state index >= 15 is 0 Å². The molecular formula is C15H18FN. The summed E-state index contributed by atoms with van der Waals surface area (Å²) in [5.41, 5.74) is 3.31. The first-order chi connectivity index (χ1) is 7.99. The molecule has 0 spiro atoms. The summed E-state index contributed by atoms with van der Waals surface area (Å²) >= 11 is 0. The number of aromatic nitrogens is 1. The van der Waals surface area contributed by atoms with E-state index in [2.05, 4.69) is 18.0 Å². The molecule has 1 N–H and O–H groups in total. The van der Waals surface area contributed by atoms with Gasteiger partial charge in [-0.15, -0.1) is 0 Å². The van der Waals surface area contributed by atoms with Crippen LogP contribution in [0.15, 0.2) is 18.2 Å². The van der Waals surface area contributed by atoms with Crippen molar-refractivity contribution in [2.45, 2.75) is 44.9 Å². The van der Waals surface area contributed by atoms with Crippen molar-refractivity contribution < 1.29 is 4.39 Å². The van der Waals surface area contributed by atoms with E-state index in [0.29, 0.717) is 5.41 Å². The molecule has 1 nitrogen and oxygen atoms in total. The molecule has 0 bridgehead atoms. The molecule has 17 heavy (non-hydrogen) atoms. The van der Waals surface area contributed by atoms with Crippen molar-refractivity contribution in [3.63, 3.8) is 0 Å². The molecule has 0 saturated heterocycles. The average Bonchev–Trinajstić information content (AvgIpc) is 2.87. The lowest BCUT2D eigenvalue weighted by Crippen LogP contribution is -1.98. The Hall–Kier alpha value is -1.31. The van der Waals surface area contributed by atoms with Crippen LogP contribution in [0.2, 0.25) is 0 Å². The summed E-state index contributed by atoms with van der Waals surface area (Å²) in [4.78, 5) is 3.36. The molecule has 0 amide bonds. The Kier molecular flexibility index (Phi) is 2.13. The van der Waals surface area contributed by atoms with Gasteiger partial charge in [0.05, 0.1) is 0 Å². The summed E-state index contributed by atoms with van der Waals surface area (Å²) in [5, 5.41) is 1.14. The standard InChI is InChI=1S/C15H18FN/c1-9(2)11-6-10-7-14(15(3)4-5-15)17-13(10)8-12(11)16/h6-9,17H,4-5H2,1-3H3. The molecule has 3 rings (SSSR count). The fourth-order valence-electron chi connectivity index (χ4n) is 2.40. The third kappa shape index (κ3) is 1.67. The maximum Gasteiger partial charge on any atom is 0.128 e. The predicted octanol–water partition coefficient (Wildman–Crippen LogP) is 4.48. The zero-order valence-corrected chi connectivity index (χ0v) is 10.6. The van der Waals surface area contributed by atoms with Crippen LogP contribution in [0.4, 0.5) is 4.39 Å². The molecule has 90 valence electrons. The quantitative estimate of drug-likeness (QED) is 0.784. The van der Waals surface area contributed by atoms with Gasteiger partial charge in [-0.05, 0) is 42.5 Å². The number of benzene rings is 1. The molecule has 1 aromatic carbocycles. The highest BCUT2D eigenvalue weighted by Gasteiger charge is 2.40. The van der Waals surface area contributed by atoms with Crippen LogP contribution >= 0.6 is 0 Å². The molecule has 0 unspecified atom stereocenters. The normalized spacial score (nSPS) is 17.9. The second-order valence-corrected chi connectivity index (χ2v) is 5.86. The topological polar surface area (TPSA) is 15.8 Å². The van der Waals surface area contributed by atoms with Crippen LogP contribution in [0.25, 0.3) is 10.9 Å². The SMILES string of the molecule is CC(C)c1cc2cc(C3(C)CC3)[nH]c2cc1F. The molecule has 0 aliphatic heterocycles. The van der Waals surface area contributed by atoms with Gasteiger partial charge in [-0.25, -0.2) is 4.39 Å². The minimum Gasteiger partial charge on any atom is -0.358 e. The first kappa shape index (κ1) is 10.8. The van der Waals surface area contributed by atoms with Gasteiger partial charge in [-0.3, -0.25) is 0 Å². The Morgan fingerprint density at radius 2 is 1.94 bits per heavy atom. The largest absolute Gasteiger partial charge is 0.358 e. The van der Waals surface area contributed by atoms with Gasteiger partial charge in [0.25, 0.3) is 0 Å². The Morgan fingerprint density at radius 1 is 1.24 bits per heavy atom. The van der Waals surface area contributed by atoms with E-state index in [1.165, 1.54) is 18.5 Å². The number of aromatic amines is 1. The highest BCUT2D eigenvalue weighted by atomic mass is 19.1. The van der Waals surface area contributed by atoms with Gasteiger partial charge >= 0.3 is 0 Å². The van der Waals surface area contributed by atoms with E-state index in [9.17, 15) is 4.39 Å². The Labute approximate surface area is 101 Å². The second kappa shape index (κ2) is 3.34. The third-order valence-electron chi connectivity index (χ3n) is 4.01. The molecule has 1 aromatic heterocycles. The molecule has 1 heterocycles. The maximum absolute atomic E-state index is 13.9. The average molecular weight is 231 g/mol. The minimum absolute atomic E-state index is 0.0955. The van der Waals surface area contributed by atoms with Gasteiger partial charge in [-0.1, -0.05) is 20.8 Å². The van der Waals surface area contributed by atoms with Crippen molar-refractivity contribution >= 4 is 10.9 Å². The fourth-order valence-corrected chi connectivity index (χ4v) is 2.40. The molecule has 2 heteroatoms. The molecule has 1 aliphatic rings. The van der Waals surface area contributed by atoms with Crippen molar-refractivity contribution in [1.82, 2.24) is 4.98 Å². The van der Waals surface area contributed by atoms with Crippen LogP contribution in [-0.2, 0) is 5.41 Å². The zero-order chi connectivity index (χ0) is 12.2. The Bertz CT molecular complexity index is 576. The maximum atomic E-state index is 13.9. The molecule has 1 saturated carbocycles. The fraction of sp³-hybridized carbons (Fsp3) is 0.467. The highest BCUT2D eigenvalue weighted by Crippen LogP contribution is 2.47. The van der Waals surface area contributed by atoms with Crippen LogP contribution in [-0.4, -0.2) is 4.98 Å². The summed E-state index contributed by atoms with van der Waals surface area (Å²) in [6.45, 7) is 6.32. The van der Waals surface area contributed by atoms with E-state index in [0.717, 1.165) is 16.5 Å². The van der Waals surface area contributed by atoms with E-state index in [1.54, 1.807) is 6.07 Å². The molecule has 2 aromatic rings. The van der Waals surface area contributed by atoms with Gasteiger partial charge in [-0.2, -0.15) is 0 Å². The molecule has 0 atom stereocenters. The van der Waals surface area contributed by atoms with Crippen LogP contribution in [0, 0.1) is 5.82 Å². The van der Waals surface area contributed by atoms with Crippen molar-refractivity contribution in [2.24, 2.45) is 0 Å². The first-order valence-electron chi connectivity index (χ1n) is 6.32. The van der Waals surface area contributed by atoms with Crippen molar-refractivity contribution in [3.05, 3.63) is 35.3 Å². The lowest BCUT2D eigenvalue weighted by molar-refractivity contribution is 0.600. The minimum atomic E-state index is -0.0955. The van der Waals surface area contributed by atoms with Gasteiger partial charge in [0, 0.05) is 22.0 Å². The van der Waals surface area contributed by atoms with Gasteiger partial charge in [0.15, 0.2) is 0 Å². The lowest BCUT2D eigenvalue weighted by atomic mass is 10.0. The summed E-state index contributed by atoms with van der Waals surface area (Å²) in [7, 11) is 0. The van der Waals surface area contributed by atoms with Crippen molar-refractivity contribution in [2.75, 3.05) is 0 Å². The number of halogens is 1. The summed E-state index contributed by atoms with van der Waals surface area (Å²) in [6.07, 6.45) is 2.47. The van der Waals surface area contributed by atoms with E-state index in [4.69, 9.17) is 0 Å². The number of hydrogen-bond acceptors (Lipinski definition) is 0. The van der Waals surface area contributed by atoms with E-state index < -0.39 is 0 Å². The van der Waals surface area contributed by atoms with E-state index in [1.807, 2.05) is 19.9 Å². The van der Waals surface area contributed by atoms with Crippen LogP contribution in [0.5, 0.6) is 0 Å². The molecular weight excluding hydrogens is 213 g/mol. The smallest absolute Gasteiger partial charge is 0.128 e. The van der Waals surface area contributed by atoms with Gasteiger partial charge < -0.3 is 4.98 Å². The molecule has 1 aliphatic carbocycles. The van der Waals surface area contributed by atoms with Gasteiger partial charge in [0.1, 0.15) is 5.82 Å². The lowest BCUT2D eigenvalue weighted by Gasteiger charge is -2.06. The van der Waals surface area contributed by atoms with Crippen LogP contribution < -0.4 is 0 Å². The van der Waals surface area contributed by atoms with E-state index in [-0.39, 0.29) is 11.7 Å².